The lowest BCUT2D eigenvalue weighted by Crippen LogP contribution is -2.33. The third-order valence-electron chi connectivity index (χ3n) is 2.92. The predicted octanol–water partition coefficient (Wildman–Crippen LogP) is 4.18. The fraction of sp³-hybridized carbons (Fsp3) is 0.929. The second kappa shape index (κ2) is 6.27. The third-order valence-corrected chi connectivity index (χ3v) is 2.92. The van der Waals surface area contributed by atoms with Crippen LogP contribution in [0.1, 0.15) is 67.2 Å². The zero-order valence-electron chi connectivity index (χ0n) is 11.9. The van der Waals surface area contributed by atoms with Crippen molar-refractivity contribution in [3.05, 3.63) is 0 Å². The SMILES string of the molecule is CCCCOC(=O)C(C)(CC)CC(C)(C)C. The van der Waals surface area contributed by atoms with Crippen LogP contribution in [0.2, 0.25) is 0 Å². The summed E-state index contributed by atoms with van der Waals surface area (Å²) >= 11 is 0. The van der Waals surface area contributed by atoms with Crippen LogP contribution in [0.3, 0.4) is 0 Å². The Hall–Kier alpha value is -0.530. The Morgan fingerprint density at radius 3 is 2.06 bits per heavy atom. The maximum absolute atomic E-state index is 12.0. The summed E-state index contributed by atoms with van der Waals surface area (Å²) in [4.78, 5) is 12.0. The Labute approximate surface area is 101 Å². The molecule has 96 valence electrons. The van der Waals surface area contributed by atoms with Gasteiger partial charge in [-0.25, -0.2) is 0 Å². The number of hydrogen-bond donors (Lipinski definition) is 0. The molecular weight excluding hydrogens is 200 g/mol. The van der Waals surface area contributed by atoms with E-state index >= 15 is 0 Å². The first kappa shape index (κ1) is 15.5. The molecule has 2 nitrogen and oxygen atoms in total. The van der Waals surface area contributed by atoms with Crippen LogP contribution >= 0.6 is 0 Å². The first-order valence-corrected chi connectivity index (χ1v) is 6.42. The zero-order chi connectivity index (χ0) is 12.8. The molecule has 2 heteroatoms. The molecule has 0 saturated heterocycles. The highest BCUT2D eigenvalue weighted by molar-refractivity contribution is 5.76. The van der Waals surface area contributed by atoms with Crippen molar-refractivity contribution in [1.82, 2.24) is 0 Å². The van der Waals surface area contributed by atoms with Gasteiger partial charge in [0.25, 0.3) is 0 Å². The Kier molecular flexibility index (Phi) is 6.06. The lowest BCUT2D eigenvalue weighted by molar-refractivity contribution is -0.157. The molecule has 0 rings (SSSR count). The summed E-state index contributed by atoms with van der Waals surface area (Å²) in [5.41, 5.74) is -0.166. The van der Waals surface area contributed by atoms with Crippen molar-refractivity contribution in [2.24, 2.45) is 10.8 Å². The molecule has 0 spiro atoms. The highest BCUT2D eigenvalue weighted by Gasteiger charge is 2.36. The fourth-order valence-corrected chi connectivity index (χ4v) is 2.00. The summed E-state index contributed by atoms with van der Waals surface area (Å²) in [7, 11) is 0. The topological polar surface area (TPSA) is 26.3 Å². The van der Waals surface area contributed by atoms with Gasteiger partial charge in [-0.3, -0.25) is 4.79 Å². The van der Waals surface area contributed by atoms with E-state index in [1.807, 2.05) is 6.92 Å². The van der Waals surface area contributed by atoms with Crippen LogP contribution in [0, 0.1) is 10.8 Å². The Morgan fingerprint density at radius 1 is 1.12 bits per heavy atom. The molecule has 1 unspecified atom stereocenters. The Balaban J connectivity index is 4.38. The number of esters is 1. The zero-order valence-corrected chi connectivity index (χ0v) is 11.9. The molecule has 0 N–H and O–H groups in total. The number of carbonyl (C=O) groups is 1. The van der Waals surface area contributed by atoms with Crippen LogP contribution in [0.25, 0.3) is 0 Å². The van der Waals surface area contributed by atoms with Gasteiger partial charge in [0, 0.05) is 0 Å². The van der Waals surface area contributed by atoms with Crippen LogP contribution in [-0.2, 0) is 9.53 Å². The second-order valence-corrected chi connectivity index (χ2v) is 6.14. The minimum absolute atomic E-state index is 0.0293. The van der Waals surface area contributed by atoms with E-state index in [0.717, 1.165) is 25.7 Å². The van der Waals surface area contributed by atoms with Crippen molar-refractivity contribution in [1.29, 1.82) is 0 Å². The minimum Gasteiger partial charge on any atom is -0.465 e. The van der Waals surface area contributed by atoms with Crippen LogP contribution in [-0.4, -0.2) is 12.6 Å². The number of hydrogen-bond acceptors (Lipinski definition) is 2. The minimum atomic E-state index is -0.327. The molecule has 0 aliphatic heterocycles. The number of unbranched alkanes of at least 4 members (excludes halogenated alkanes) is 1. The number of ether oxygens (including phenoxy) is 1. The molecule has 0 radical (unpaired) electrons. The summed E-state index contributed by atoms with van der Waals surface area (Å²) in [5, 5.41) is 0. The van der Waals surface area contributed by atoms with Crippen molar-refractivity contribution in [3.63, 3.8) is 0 Å². The van der Waals surface area contributed by atoms with Crippen LogP contribution < -0.4 is 0 Å². The summed E-state index contributed by atoms with van der Waals surface area (Å²) in [6, 6.07) is 0. The van der Waals surface area contributed by atoms with Gasteiger partial charge in [0.2, 0.25) is 0 Å². The second-order valence-electron chi connectivity index (χ2n) is 6.14. The van der Waals surface area contributed by atoms with E-state index in [-0.39, 0.29) is 16.8 Å². The van der Waals surface area contributed by atoms with E-state index in [9.17, 15) is 4.79 Å². The van der Waals surface area contributed by atoms with E-state index in [2.05, 4.69) is 34.6 Å². The van der Waals surface area contributed by atoms with Crippen molar-refractivity contribution < 1.29 is 9.53 Å². The van der Waals surface area contributed by atoms with Gasteiger partial charge in [-0.15, -0.1) is 0 Å². The molecule has 0 bridgehead atoms. The molecule has 0 aromatic rings. The van der Waals surface area contributed by atoms with Crippen molar-refractivity contribution in [2.45, 2.75) is 67.2 Å². The molecule has 0 heterocycles. The maximum Gasteiger partial charge on any atom is 0.311 e. The van der Waals surface area contributed by atoms with Crippen molar-refractivity contribution in [2.75, 3.05) is 6.61 Å². The lowest BCUT2D eigenvalue weighted by Gasteiger charge is -2.32. The summed E-state index contributed by atoms with van der Waals surface area (Å²) < 4.78 is 5.35. The molecule has 0 aromatic heterocycles. The van der Waals surface area contributed by atoms with Gasteiger partial charge >= 0.3 is 5.97 Å². The average Bonchev–Trinajstić information content (AvgIpc) is 2.15. The highest BCUT2D eigenvalue weighted by Crippen LogP contribution is 2.37. The van der Waals surface area contributed by atoms with Crippen LogP contribution in [0.15, 0.2) is 0 Å². The first-order chi connectivity index (χ1) is 7.25. The van der Waals surface area contributed by atoms with Crippen molar-refractivity contribution in [3.8, 4) is 0 Å². The monoisotopic (exact) mass is 228 g/mol. The number of carbonyl (C=O) groups excluding carboxylic acids is 1. The summed E-state index contributed by atoms with van der Waals surface area (Å²) in [6.07, 6.45) is 3.74. The molecule has 0 aliphatic carbocycles. The van der Waals surface area contributed by atoms with Gasteiger partial charge in [0.15, 0.2) is 0 Å². The van der Waals surface area contributed by atoms with Gasteiger partial charge in [0.05, 0.1) is 12.0 Å². The molecule has 0 aromatic carbocycles. The maximum atomic E-state index is 12.0. The smallest absolute Gasteiger partial charge is 0.311 e. The van der Waals surface area contributed by atoms with E-state index in [1.54, 1.807) is 0 Å². The van der Waals surface area contributed by atoms with E-state index in [1.165, 1.54) is 0 Å². The van der Waals surface area contributed by atoms with Gasteiger partial charge in [0.1, 0.15) is 0 Å². The van der Waals surface area contributed by atoms with Crippen LogP contribution in [0.5, 0.6) is 0 Å². The fourth-order valence-electron chi connectivity index (χ4n) is 2.00. The van der Waals surface area contributed by atoms with E-state index in [4.69, 9.17) is 4.74 Å². The van der Waals surface area contributed by atoms with Gasteiger partial charge < -0.3 is 4.74 Å². The molecule has 1 atom stereocenters. The normalized spacial score (nSPS) is 15.6. The third kappa shape index (κ3) is 5.53. The average molecular weight is 228 g/mol. The Bertz CT molecular complexity index is 215. The van der Waals surface area contributed by atoms with Gasteiger partial charge in [-0.1, -0.05) is 41.0 Å². The predicted molar refractivity (Wildman–Crippen MR) is 68.3 cm³/mol. The highest BCUT2D eigenvalue weighted by atomic mass is 16.5. The van der Waals surface area contributed by atoms with E-state index < -0.39 is 0 Å². The first-order valence-electron chi connectivity index (χ1n) is 6.42. The number of rotatable bonds is 6. The van der Waals surface area contributed by atoms with Gasteiger partial charge in [-0.2, -0.15) is 0 Å². The Morgan fingerprint density at radius 2 is 1.69 bits per heavy atom. The molecule has 0 amide bonds. The summed E-state index contributed by atoms with van der Waals surface area (Å²) in [6.45, 7) is 13.2. The van der Waals surface area contributed by atoms with E-state index in [0.29, 0.717) is 6.61 Å². The quantitative estimate of drug-likeness (QED) is 0.503. The van der Waals surface area contributed by atoms with Crippen LogP contribution in [0.4, 0.5) is 0 Å². The standard InChI is InChI=1S/C14H28O2/c1-7-9-10-16-12(15)14(6,8-2)11-13(3,4)5/h7-11H2,1-6H3. The largest absolute Gasteiger partial charge is 0.465 e. The molecule has 0 aliphatic rings. The van der Waals surface area contributed by atoms with Crippen molar-refractivity contribution >= 4 is 5.97 Å². The molecule has 0 fully saturated rings. The molecular formula is C14H28O2. The molecule has 16 heavy (non-hydrogen) atoms. The van der Waals surface area contributed by atoms with Gasteiger partial charge in [-0.05, 0) is 31.6 Å². The molecule has 0 saturated carbocycles. The lowest BCUT2D eigenvalue weighted by atomic mass is 9.73. The summed E-state index contributed by atoms with van der Waals surface area (Å²) in [5.74, 6) is -0.0293.